The Morgan fingerprint density at radius 1 is 1.21 bits per heavy atom. The van der Waals surface area contributed by atoms with E-state index in [1.54, 1.807) is 19.9 Å². The number of carbonyl (C=O) groups is 1. The highest BCUT2D eigenvalue weighted by Gasteiger charge is 2.30. The van der Waals surface area contributed by atoms with Crippen molar-refractivity contribution in [3.63, 3.8) is 0 Å². The van der Waals surface area contributed by atoms with Crippen molar-refractivity contribution in [3.8, 4) is 11.5 Å². The second-order valence-corrected chi connectivity index (χ2v) is 9.27. The van der Waals surface area contributed by atoms with Crippen LogP contribution in [0.1, 0.15) is 25.8 Å². The van der Waals surface area contributed by atoms with Crippen LogP contribution in [-0.4, -0.2) is 43.8 Å². The number of anilines is 1. The number of nitrogens with one attached hydrogen (secondary N) is 2. The normalized spacial score (nSPS) is 14.7. The minimum atomic E-state index is -3.95. The molecule has 2 N–H and O–H groups in total. The molecule has 0 radical (unpaired) electrons. The summed E-state index contributed by atoms with van der Waals surface area (Å²) in [4.78, 5) is 12.6. The zero-order chi connectivity index (χ0) is 20.3. The Morgan fingerprint density at radius 3 is 2.57 bits per heavy atom. The van der Waals surface area contributed by atoms with Crippen molar-refractivity contribution in [3.05, 3.63) is 23.2 Å². The van der Waals surface area contributed by atoms with Crippen LogP contribution in [0.25, 0.3) is 0 Å². The Morgan fingerprint density at radius 2 is 1.93 bits per heavy atom. The Kier molecular flexibility index (Phi) is 6.16. The molecule has 0 aliphatic carbocycles. The summed E-state index contributed by atoms with van der Waals surface area (Å²) in [6.45, 7) is 6.22. The maximum atomic E-state index is 12.8. The molecule has 1 aromatic heterocycles. The molecule has 11 heteroatoms. The fourth-order valence-electron chi connectivity index (χ4n) is 2.55. The minimum Gasteiger partial charge on any atom is -0.486 e. The van der Waals surface area contributed by atoms with Crippen LogP contribution in [0, 0.1) is 5.92 Å². The summed E-state index contributed by atoms with van der Waals surface area (Å²) < 4.78 is 39.0. The third-order valence-corrected chi connectivity index (χ3v) is 6.48. The van der Waals surface area contributed by atoms with Crippen molar-refractivity contribution >= 4 is 32.4 Å². The van der Waals surface area contributed by atoms with Crippen LogP contribution >= 0.6 is 11.3 Å². The summed E-state index contributed by atoms with van der Waals surface area (Å²) in [7, 11) is -3.95. The maximum absolute atomic E-state index is 12.8. The van der Waals surface area contributed by atoms with Crippen LogP contribution in [0.4, 0.5) is 5.13 Å². The SMILES string of the molecule is CCc1nnc(NC(=O)[C@H](NS(=O)(=O)c2ccc3c(c2)OCCO3)C(C)C)s1. The minimum absolute atomic E-state index is 0.000570. The number of sulfonamides is 1. The third kappa shape index (κ3) is 4.59. The number of hydrogen-bond donors (Lipinski definition) is 2. The van der Waals surface area contributed by atoms with E-state index in [2.05, 4.69) is 20.2 Å². The van der Waals surface area contributed by atoms with Crippen LogP contribution < -0.4 is 19.5 Å². The number of nitrogens with zero attached hydrogens (tertiary/aromatic N) is 2. The summed E-state index contributed by atoms with van der Waals surface area (Å²) in [6.07, 6.45) is 0.706. The van der Waals surface area contributed by atoms with Crippen molar-refractivity contribution in [2.24, 2.45) is 5.92 Å². The molecule has 2 heterocycles. The lowest BCUT2D eigenvalue weighted by atomic mass is 10.1. The predicted octanol–water partition coefficient (Wildman–Crippen LogP) is 1.81. The molecule has 0 unspecified atom stereocenters. The Bertz CT molecular complexity index is 958. The number of amides is 1. The molecule has 1 aromatic carbocycles. The van der Waals surface area contributed by atoms with Gasteiger partial charge in [0.2, 0.25) is 21.1 Å². The number of benzene rings is 1. The molecule has 3 rings (SSSR count). The van der Waals surface area contributed by atoms with E-state index in [-0.39, 0.29) is 10.8 Å². The van der Waals surface area contributed by atoms with Gasteiger partial charge in [0.15, 0.2) is 11.5 Å². The highest BCUT2D eigenvalue weighted by Crippen LogP contribution is 2.32. The second-order valence-electron chi connectivity index (χ2n) is 6.49. The van der Waals surface area contributed by atoms with E-state index in [1.807, 2.05) is 6.92 Å². The monoisotopic (exact) mass is 426 g/mol. The first-order valence-corrected chi connectivity index (χ1v) is 11.2. The highest BCUT2D eigenvalue weighted by atomic mass is 32.2. The van der Waals surface area contributed by atoms with Gasteiger partial charge < -0.3 is 9.47 Å². The summed E-state index contributed by atoms with van der Waals surface area (Å²) in [6, 6.07) is 3.38. The molecule has 0 bridgehead atoms. The number of ether oxygens (including phenoxy) is 2. The zero-order valence-electron chi connectivity index (χ0n) is 15.8. The van der Waals surface area contributed by atoms with Crippen molar-refractivity contribution in [1.82, 2.24) is 14.9 Å². The van der Waals surface area contributed by atoms with Crippen LogP contribution in [0.5, 0.6) is 11.5 Å². The van der Waals surface area contributed by atoms with Gasteiger partial charge in [-0.25, -0.2) is 8.42 Å². The number of hydrogen-bond acceptors (Lipinski definition) is 8. The van der Waals surface area contributed by atoms with Crippen molar-refractivity contribution < 1.29 is 22.7 Å². The fourth-order valence-corrected chi connectivity index (χ4v) is 4.59. The molecule has 0 spiro atoms. The van der Waals surface area contributed by atoms with Crippen molar-refractivity contribution in [2.45, 2.75) is 38.1 Å². The van der Waals surface area contributed by atoms with E-state index >= 15 is 0 Å². The average molecular weight is 427 g/mol. The number of carbonyl (C=O) groups excluding carboxylic acids is 1. The van der Waals surface area contributed by atoms with Gasteiger partial charge in [-0.2, -0.15) is 4.72 Å². The lowest BCUT2D eigenvalue weighted by Gasteiger charge is -2.22. The lowest BCUT2D eigenvalue weighted by molar-refractivity contribution is -0.118. The van der Waals surface area contributed by atoms with Gasteiger partial charge in [0.1, 0.15) is 24.3 Å². The van der Waals surface area contributed by atoms with E-state index < -0.39 is 22.0 Å². The van der Waals surface area contributed by atoms with Gasteiger partial charge >= 0.3 is 0 Å². The highest BCUT2D eigenvalue weighted by molar-refractivity contribution is 7.89. The van der Waals surface area contributed by atoms with Crippen molar-refractivity contribution in [2.75, 3.05) is 18.5 Å². The number of fused-ring (bicyclic) bond motifs is 1. The zero-order valence-corrected chi connectivity index (χ0v) is 17.4. The first-order valence-electron chi connectivity index (χ1n) is 8.85. The quantitative estimate of drug-likeness (QED) is 0.693. The topological polar surface area (TPSA) is 120 Å². The average Bonchev–Trinajstić information content (AvgIpc) is 3.13. The summed E-state index contributed by atoms with van der Waals surface area (Å²) in [5, 5.41) is 11.6. The largest absolute Gasteiger partial charge is 0.486 e. The molecule has 1 atom stereocenters. The van der Waals surface area contributed by atoms with Gasteiger partial charge in [0.05, 0.1) is 4.90 Å². The lowest BCUT2D eigenvalue weighted by Crippen LogP contribution is -2.47. The van der Waals surface area contributed by atoms with E-state index in [4.69, 9.17) is 9.47 Å². The molecular formula is C17H22N4O5S2. The first kappa shape index (κ1) is 20.5. The smallest absolute Gasteiger partial charge is 0.244 e. The number of rotatable bonds is 7. The van der Waals surface area contributed by atoms with E-state index in [9.17, 15) is 13.2 Å². The molecule has 1 aliphatic rings. The Balaban J connectivity index is 1.77. The Hall–Kier alpha value is -2.24. The predicted molar refractivity (Wildman–Crippen MR) is 104 cm³/mol. The summed E-state index contributed by atoms with van der Waals surface area (Å²) in [5.74, 6) is 0.0763. The van der Waals surface area contributed by atoms with Gasteiger partial charge in [-0.1, -0.05) is 32.1 Å². The van der Waals surface area contributed by atoms with E-state index in [0.29, 0.717) is 36.3 Å². The third-order valence-electron chi connectivity index (χ3n) is 4.05. The second kappa shape index (κ2) is 8.41. The molecule has 2 aromatic rings. The van der Waals surface area contributed by atoms with Gasteiger partial charge in [0, 0.05) is 6.07 Å². The maximum Gasteiger partial charge on any atom is 0.244 e. The van der Waals surface area contributed by atoms with E-state index in [0.717, 1.165) is 5.01 Å². The molecule has 28 heavy (non-hydrogen) atoms. The number of aryl methyl sites for hydroxylation is 1. The van der Waals surface area contributed by atoms with E-state index in [1.165, 1.54) is 23.5 Å². The summed E-state index contributed by atoms with van der Waals surface area (Å²) in [5.41, 5.74) is 0. The molecular weight excluding hydrogens is 404 g/mol. The van der Waals surface area contributed by atoms with Gasteiger partial charge in [-0.3, -0.25) is 10.1 Å². The molecule has 152 valence electrons. The van der Waals surface area contributed by atoms with Crippen molar-refractivity contribution in [1.29, 1.82) is 0 Å². The van der Waals surface area contributed by atoms with Crippen LogP contribution in [0.2, 0.25) is 0 Å². The molecule has 0 fully saturated rings. The molecule has 1 amide bonds. The Labute approximate surface area is 167 Å². The fraction of sp³-hybridized carbons (Fsp3) is 0.471. The first-order chi connectivity index (χ1) is 13.3. The standard InChI is InChI=1S/C17H22N4O5S2/c1-4-14-19-20-17(27-14)18-16(22)15(10(2)3)21-28(23,24)11-5-6-12-13(9-11)26-8-7-25-12/h5-6,9-10,15,21H,4,7-8H2,1-3H3,(H,18,20,22)/t15-/m1/s1. The molecule has 9 nitrogen and oxygen atoms in total. The van der Waals surface area contributed by atoms with Gasteiger partial charge in [-0.15, -0.1) is 10.2 Å². The van der Waals surface area contributed by atoms with Gasteiger partial charge in [0.25, 0.3) is 0 Å². The van der Waals surface area contributed by atoms with Crippen LogP contribution in [0.3, 0.4) is 0 Å². The van der Waals surface area contributed by atoms with Gasteiger partial charge in [-0.05, 0) is 24.5 Å². The van der Waals surface area contributed by atoms with Crippen LogP contribution in [-0.2, 0) is 21.2 Å². The number of aromatic nitrogens is 2. The van der Waals surface area contributed by atoms with Crippen LogP contribution in [0.15, 0.2) is 23.1 Å². The molecule has 0 saturated heterocycles. The summed E-state index contributed by atoms with van der Waals surface area (Å²) >= 11 is 1.26. The molecule has 0 saturated carbocycles. The molecule has 1 aliphatic heterocycles.